The highest BCUT2D eigenvalue weighted by atomic mass is 79.9. The predicted molar refractivity (Wildman–Crippen MR) is 35.6 cm³/mol. The first kappa shape index (κ1) is 1.59. The molecule has 0 spiro atoms. The number of aryl methyl sites for hydroxylation is 1. The maximum atomic E-state index is 7.26. The Kier molecular flexibility index (Phi) is 0.378. The van der Waals surface area contributed by atoms with Gasteiger partial charge in [0.1, 0.15) is 10.4 Å². The summed E-state index contributed by atoms with van der Waals surface area (Å²) in [4.78, 5) is 3.41. The van der Waals surface area contributed by atoms with Crippen molar-refractivity contribution in [2.24, 2.45) is 6.98 Å². The van der Waals surface area contributed by atoms with Crippen LogP contribution in [-0.4, -0.2) is 9.55 Å². The van der Waals surface area contributed by atoms with Crippen molar-refractivity contribution >= 4 is 15.9 Å². The Labute approximate surface area is 66.5 Å². The van der Waals surface area contributed by atoms with E-state index in [-0.39, 0.29) is 4.60 Å². The molecule has 8 heavy (non-hydrogen) atoms. The van der Waals surface area contributed by atoms with E-state index >= 15 is 0 Å². The van der Waals surface area contributed by atoms with Crippen molar-refractivity contribution in [2.45, 2.75) is 6.85 Å². The van der Waals surface area contributed by atoms with Crippen LogP contribution < -0.4 is 0 Å². The number of hydrogen-bond donors (Lipinski definition) is 0. The van der Waals surface area contributed by atoms with Gasteiger partial charge in [-0.15, -0.1) is 0 Å². The van der Waals surface area contributed by atoms with Gasteiger partial charge in [-0.1, -0.05) is 0 Å². The topological polar surface area (TPSA) is 17.8 Å². The fourth-order valence-corrected chi connectivity index (χ4v) is 0.549. The molecule has 0 fully saturated rings. The fourth-order valence-electron chi connectivity index (χ4n) is 0.292. The number of imidazole rings is 1. The zero-order valence-electron chi connectivity index (χ0n) is 10.8. The molecule has 0 saturated carbocycles. The van der Waals surface area contributed by atoms with E-state index in [0.717, 1.165) is 0 Å². The minimum absolute atomic E-state index is 0.159. The van der Waals surface area contributed by atoms with Crippen molar-refractivity contribution in [1.82, 2.24) is 9.55 Å². The average molecular weight is 182 g/mol. The largest absolute Gasteiger partial charge is 0.326 e. The molecular weight excluding hydrogens is 168 g/mol. The summed E-state index contributed by atoms with van der Waals surface area (Å²) in [6.45, 7) is -5.33. The predicted octanol–water partition coefficient (Wildman–Crippen LogP) is 1.49. The van der Waals surface area contributed by atoms with Crippen LogP contribution in [0, 0.1) is 6.85 Å². The molecule has 0 aromatic carbocycles. The van der Waals surface area contributed by atoms with Crippen LogP contribution in [0.25, 0.3) is 0 Å². The Morgan fingerprint density at radius 3 is 3.50 bits per heavy atom. The summed E-state index contributed by atoms with van der Waals surface area (Å²) in [5.74, 6) is -0.612. The summed E-state index contributed by atoms with van der Waals surface area (Å²) in [7, 11) is 0. The van der Waals surface area contributed by atoms with Crippen molar-refractivity contribution in [3.63, 3.8) is 0 Å². The van der Waals surface area contributed by atoms with E-state index in [0.29, 0.717) is 4.57 Å². The van der Waals surface area contributed by atoms with Gasteiger partial charge >= 0.3 is 0 Å². The van der Waals surface area contributed by atoms with Crippen LogP contribution in [0.1, 0.15) is 15.4 Å². The molecule has 0 aliphatic rings. The summed E-state index contributed by atoms with van der Waals surface area (Å²) < 4.78 is 50.4. The van der Waals surface area contributed by atoms with Crippen LogP contribution in [0.5, 0.6) is 0 Å². The zero-order valence-corrected chi connectivity index (χ0v) is 5.36. The van der Waals surface area contributed by atoms with E-state index in [9.17, 15) is 0 Å². The molecule has 0 saturated heterocycles. The molecule has 0 radical (unpaired) electrons. The van der Waals surface area contributed by atoms with Crippen LogP contribution in [0.4, 0.5) is 0 Å². The third-order valence-corrected chi connectivity index (χ3v) is 1.19. The van der Waals surface area contributed by atoms with Crippen molar-refractivity contribution < 1.29 is 9.60 Å². The van der Waals surface area contributed by atoms with Crippen molar-refractivity contribution in [3.8, 4) is 0 Å². The Balaban J connectivity index is 3.48. The van der Waals surface area contributed by atoms with E-state index < -0.39 is 25.8 Å². The SMILES string of the molecule is [2H]c1nc(C([2H])([2H])[2H])n(C([2H])([2H])[2H])c1Br. The average Bonchev–Trinajstić information content (AvgIpc) is 2.25. The lowest BCUT2D eigenvalue weighted by Crippen LogP contribution is -1.89. The smallest absolute Gasteiger partial charge is 0.106 e. The summed E-state index contributed by atoms with van der Waals surface area (Å²) in [5.41, 5.74) is 0. The lowest BCUT2D eigenvalue weighted by atomic mass is 10.7. The van der Waals surface area contributed by atoms with Gasteiger partial charge in [0.2, 0.25) is 0 Å². The standard InChI is InChI=1S/C5H7BrN2/c1-4-7-3-5(6)8(4)2/h3H,1-2H3/i1D3,2D3,3D. The van der Waals surface area contributed by atoms with E-state index in [1.165, 1.54) is 0 Å². The molecule has 1 heterocycles. The maximum absolute atomic E-state index is 7.26. The van der Waals surface area contributed by atoms with Gasteiger partial charge in [-0.3, -0.25) is 0 Å². The molecule has 1 aromatic heterocycles. The van der Waals surface area contributed by atoms with Crippen molar-refractivity contribution in [1.29, 1.82) is 0 Å². The Morgan fingerprint density at radius 1 is 2.12 bits per heavy atom. The first-order chi connectivity index (χ1) is 6.55. The molecule has 1 rings (SSSR count). The third-order valence-electron chi connectivity index (χ3n) is 0.662. The van der Waals surface area contributed by atoms with E-state index in [2.05, 4.69) is 20.9 Å². The maximum Gasteiger partial charge on any atom is 0.106 e. The zero-order chi connectivity index (χ0) is 12.0. The highest BCUT2D eigenvalue weighted by Gasteiger charge is 1.94. The van der Waals surface area contributed by atoms with Gasteiger partial charge in [-0.05, 0) is 22.8 Å². The van der Waals surface area contributed by atoms with Gasteiger partial charge in [-0.25, -0.2) is 4.98 Å². The quantitative estimate of drug-likeness (QED) is 0.594. The van der Waals surface area contributed by atoms with Gasteiger partial charge in [0.25, 0.3) is 0 Å². The number of nitrogens with zero attached hydrogens (tertiary/aromatic N) is 2. The molecule has 0 aliphatic heterocycles. The fraction of sp³-hybridized carbons (Fsp3) is 0.400. The molecule has 1 aromatic rings. The molecule has 0 atom stereocenters. The first-order valence-corrected chi connectivity index (χ1v) is 2.60. The molecule has 0 aliphatic carbocycles. The summed E-state index contributed by atoms with van der Waals surface area (Å²) in [6.07, 6.45) is -0.405. The number of halogens is 1. The summed E-state index contributed by atoms with van der Waals surface area (Å²) >= 11 is 2.83. The van der Waals surface area contributed by atoms with Crippen molar-refractivity contribution in [3.05, 3.63) is 16.6 Å². The Morgan fingerprint density at radius 2 is 3.00 bits per heavy atom. The molecule has 3 heteroatoms. The van der Waals surface area contributed by atoms with Crippen LogP contribution in [0.2, 0.25) is 0 Å². The Hall–Kier alpha value is -0.310. The lowest BCUT2D eigenvalue weighted by Gasteiger charge is -1.92. The van der Waals surface area contributed by atoms with Crippen molar-refractivity contribution in [2.75, 3.05) is 0 Å². The molecule has 0 amide bonds. The highest BCUT2D eigenvalue weighted by Crippen LogP contribution is 2.07. The summed E-state index contributed by atoms with van der Waals surface area (Å²) in [5, 5.41) is 0. The highest BCUT2D eigenvalue weighted by molar-refractivity contribution is 9.10. The van der Waals surface area contributed by atoms with Gasteiger partial charge in [0.15, 0.2) is 0 Å². The van der Waals surface area contributed by atoms with Gasteiger partial charge in [-0.2, -0.15) is 0 Å². The molecule has 0 unspecified atom stereocenters. The first-order valence-electron chi connectivity index (χ1n) is 5.31. The second kappa shape index (κ2) is 1.90. The van der Waals surface area contributed by atoms with Crippen LogP contribution in [-0.2, 0) is 6.98 Å². The monoisotopic (exact) mass is 181 g/mol. The van der Waals surface area contributed by atoms with Crippen LogP contribution in [0.3, 0.4) is 0 Å². The Bertz CT molecular complexity index is 376. The second-order valence-electron chi connectivity index (χ2n) is 1.17. The van der Waals surface area contributed by atoms with E-state index in [1.807, 2.05) is 0 Å². The van der Waals surface area contributed by atoms with Gasteiger partial charge < -0.3 is 4.57 Å². The van der Waals surface area contributed by atoms with Gasteiger partial charge in [0.05, 0.1) is 7.54 Å². The molecule has 44 valence electrons. The van der Waals surface area contributed by atoms with Gasteiger partial charge in [0, 0.05) is 15.2 Å². The van der Waals surface area contributed by atoms with Crippen LogP contribution in [0.15, 0.2) is 10.8 Å². The second-order valence-corrected chi connectivity index (χ2v) is 1.92. The molecule has 2 nitrogen and oxygen atoms in total. The lowest BCUT2D eigenvalue weighted by molar-refractivity contribution is 0.840. The minimum Gasteiger partial charge on any atom is -0.326 e. The third kappa shape index (κ3) is 0.777. The number of hydrogen-bond acceptors (Lipinski definition) is 1. The normalized spacial score (nSPS) is 25.9. The minimum atomic E-state index is -2.67. The number of aromatic nitrogens is 2. The van der Waals surface area contributed by atoms with E-state index in [1.54, 1.807) is 0 Å². The van der Waals surface area contributed by atoms with Crippen LogP contribution >= 0.6 is 15.9 Å². The molecule has 0 bridgehead atoms. The molecular formula is C5H7BrN2. The van der Waals surface area contributed by atoms with E-state index in [4.69, 9.17) is 9.60 Å². The molecule has 0 N–H and O–H groups in total. The summed E-state index contributed by atoms with van der Waals surface area (Å²) in [6, 6.07) is 0. The number of rotatable bonds is 0.